The van der Waals surface area contributed by atoms with Crippen LogP contribution in [-0.2, 0) is 0 Å². The van der Waals surface area contributed by atoms with E-state index < -0.39 is 18.3 Å². The topological polar surface area (TPSA) is 60.7 Å². The molecule has 3 N–H and O–H groups in total. The van der Waals surface area contributed by atoms with E-state index in [0.29, 0.717) is 0 Å². The highest BCUT2D eigenvalue weighted by molar-refractivity contribution is 5.24. The Morgan fingerprint density at radius 1 is 0.408 bits per heavy atom. The van der Waals surface area contributed by atoms with E-state index >= 15 is 0 Å². The molecule has 0 bridgehead atoms. The maximum atomic E-state index is 9.93. The average molecular weight is 669 g/mol. The van der Waals surface area contributed by atoms with Gasteiger partial charge in [-0.1, -0.05) is 149 Å². The lowest BCUT2D eigenvalue weighted by Crippen LogP contribution is -1.97. The number of hydrogen-bond donors (Lipinski definition) is 3. The number of terminal acetylenes is 2. The average Bonchev–Trinajstić information content (AvgIpc) is 3.11. The summed E-state index contributed by atoms with van der Waals surface area (Å²) >= 11 is 0. The number of hydrogen-bond acceptors (Lipinski definition) is 3. The molecule has 0 aliphatic carbocycles. The number of rotatable bonds is 30. The maximum Gasteiger partial charge on any atom is 0.176 e. The molecular weight excluding hydrogens is 601 g/mol. The zero-order valence-electron chi connectivity index (χ0n) is 30.7. The minimum atomic E-state index is -0.874. The Morgan fingerprint density at radius 2 is 0.776 bits per heavy atom. The summed E-state index contributed by atoms with van der Waals surface area (Å²) < 4.78 is 0. The van der Waals surface area contributed by atoms with Gasteiger partial charge in [-0.3, -0.25) is 0 Å². The van der Waals surface area contributed by atoms with Gasteiger partial charge in [0.15, 0.2) is 6.10 Å². The normalized spacial score (nSPS) is 13.4. The second-order valence-corrected chi connectivity index (χ2v) is 12.7. The van der Waals surface area contributed by atoms with Gasteiger partial charge in [0.1, 0.15) is 12.2 Å². The highest BCUT2D eigenvalue weighted by Gasteiger charge is 1.95. The molecule has 0 fully saturated rings. The molecule has 0 aromatic heterocycles. The van der Waals surface area contributed by atoms with Gasteiger partial charge >= 0.3 is 0 Å². The Morgan fingerprint density at radius 3 is 1.22 bits per heavy atom. The Labute approximate surface area is 302 Å². The molecular formula is C46H68O3. The minimum absolute atomic E-state index is 0.730. The van der Waals surface area contributed by atoms with Gasteiger partial charge in [0, 0.05) is 6.42 Å². The quantitative estimate of drug-likeness (QED) is 0.0406. The van der Waals surface area contributed by atoms with Gasteiger partial charge in [0.05, 0.1) is 0 Å². The number of aliphatic hydroxyl groups is 3. The second-order valence-electron chi connectivity index (χ2n) is 12.7. The fourth-order valence-electron chi connectivity index (χ4n) is 5.17. The van der Waals surface area contributed by atoms with Crippen molar-refractivity contribution >= 4 is 0 Å². The summed E-state index contributed by atoms with van der Waals surface area (Å²) in [5.74, 6) is 16.2. The third-order valence-electron chi connectivity index (χ3n) is 8.13. The summed E-state index contributed by atoms with van der Waals surface area (Å²) in [4.78, 5) is 0. The first-order valence-electron chi connectivity index (χ1n) is 19.3. The highest BCUT2D eigenvalue weighted by Crippen LogP contribution is 2.13. The van der Waals surface area contributed by atoms with E-state index in [2.05, 4.69) is 65.9 Å². The van der Waals surface area contributed by atoms with Crippen molar-refractivity contribution in [2.24, 2.45) is 0 Å². The van der Waals surface area contributed by atoms with Crippen LogP contribution in [0.4, 0.5) is 0 Å². The van der Waals surface area contributed by atoms with Crippen molar-refractivity contribution in [3.05, 3.63) is 60.8 Å². The van der Waals surface area contributed by atoms with E-state index in [9.17, 15) is 15.3 Å². The summed E-state index contributed by atoms with van der Waals surface area (Å²) in [7, 11) is 0. The molecule has 49 heavy (non-hydrogen) atoms. The second kappa shape index (κ2) is 39.3. The fraction of sp³-hybridized carbons (Fsp3) is 0.609. The van der Waals surface area contributed by atoms with Crippen molar-refractivity contribution in [3.63, 3.8) is 0 Å². The Balaban J connectivity index is 3.52. The summed E-state index contributed by atoms with van der Waals surface area (Å²) in [5, 5.41) is 28.4. The Hall–Kier alpha value is -3.18. The zero-order chi connectivity index (χ0) is 35.7. The monoisotopic (exact) mass is 669 g/mol. The first kappa shape index (κ1) is 45.8. The van der Waals surface area contributed by atoms with Crippen LogP contribution < -0.4 is 0 Å². The molecule has 0 saturated carbocycles. The van der Waals surface area contributed by atoms with Crippen LogP contribution in [-0.4, -0.2) is 33.6 Å². The van der Waals surface area contributed by atoms with Crippen molar-refractivity contribution in [1.82, 2.24) is 0 Å². The molecule has 0 rings (SSSR count). The van der Waals surface area contributed by atoms with Crippen LogP contribution >= 0.6 is 0 Å². The van der Waals surface area contributed by atoms with Crippen LogP contribution in [0.15, 0.2) is 60.8 Å². The molecule has 270 valence electrons. The van der Waals surface area contributed by atoms with Crippen molar-refractivity contribution in [1.29, 1.82) is 0 Å². The van der Waals surface area contributed by atoms with E-state index in [0.717, 1.165) is 64.2 Å². The number of allylic oxidation sites excluding steroid dienone is 8. The lowest BCUT2D eigenvalue weighted by molar-refractivity contribution is 0.280. The van der Waals surface area contributed by atoms with Crippen molar-refractivity contribution in [2.45, 2.75) is 179 Å². The molecule has 3 atom stereocenters. The van der Waals surface area contributed by atoms with Gasteiger partial charge in [-0.05, 0) is 102 Å². The molecule has 0 aromatic carbocycles. The summed E-state index contributed by atoms with van der Waals surface area (Å²) in [5.41, 5.74) is 0. The van der Waals surface area contributed by atoms with Crippen molar-refractivity contribution < 1.29 is 15.3 Å². The molecule has 0 aliphatic rings. The van der Waals surface area contributed by atoms with Crippen LogP contribution in [0.2, 0.25) is 0 Å². The van der Waals surface area contributed by atoms with Gasteiger partial charge in [-0.2, -0.15) is 0 Å². The van der Waals surface area contributed by atoms with Crippen molar-refractivity contribution in [3.8, 4) is 48.4 Å². The number of unbranched alkanes of at least 4 members (excludes halogenated alkanes) is 21. The third kappa shape index (κ3) is 39.1. The van der Waals surface area contributed by atoms with Crippen LogP contribution in [0, 0.1) is 48.4 Å². The smallest absolute Gasteiger partial charge is 0.176 e. The van der Waals surface area contributed by atoms with Gasteiger partial charge in [0.2, 0.25) is 0 Å². The molecule has 3 nitrogen and oxygen atoms in total. The van der Waals surface area contributed by atoms with Crippen LogP contribution in [0.25, 0.3) is 0 Å². The van der Waals surface area contributed by atoms with E-state index in [1.54, 1.807) is 12.2 Å². The first-order chi connectivity index (χ1) is 24.1. The van der Waals surface area contributed by atoms with Gasteiger partial charge < -0.3 is 15.3 Å². The lowest BCUT2D eigenvalue weighted by atomic mass is 10.0. The largest absolute Gasteiger partial charge is 0.377 e. The van der Waals surface area contributed by atoms with E-state index in [1.165, 1.54) is 96.3 Å². The predicted molar refractivity (Wildman–Crippen MR) is 212 cm³/mol. The van der Waals surface area contributed by atoms with Crippen LogP contribution in [0.5, 0.6) is 0 Å². The Kier molecular flexibility index (Phi) is 36.7. The standard InChI is InChI=1S/C46H68O3/c1-3-44(47)40-36-32-28-24-20-16-12-10-8-6-5-7-9-11-13-18-22-26-30-34-38-42-46(49)43-39-35-31-27-23-19-15-14-17-21-25-29-33-37-41-45(48)4-2/h1-2,13,15,18-19,30,34,36-37,40-41,44-49H,5-12,14,16-17,20-29,31-33,35H2. The minimum Gasteiger partial charge on any atom is -0.377 e. The van der Waals surface area contributed by atoms with Gasteiger partial charge in [0.25, 0.3) is 0 Å². The number of aliphatic hydroxyl groups excluding tert-OH is 3. The molecule has 3 unspecified atom stereocenters. The van der Waals surface area contributed by atoms with E-state index in [4.69, 9.17) is 12.8 Å². The molecule has 0 radical (unpaired) electrons. The lowest BCUT2D eigenvalue weighted by Gasteiger charge is -2.02. The van der Waals surface area contributed by atoms with Crippen molar-refractivity contribution in [2.75, 3.05) is 0 Å². The molecule has 0 aliphatic heterocycles. The molecule has 0 aromatic rings. The van der Waals surface area contributed by atoms with Gasteiger partial charge in [-0.15, -0.1) is 12.8 Å². The first-order valence-corrected chi connectivity index (χ1v) is 19.3. The predicted octanol–water partition coefficient (Wildman–Crippen LogP) is 10.9. The molecule has 0 spiro atoms. The molecule has 3 heteroatoms. The van der Waals surface area contributed by atoms with E-state index in [-0.39, 0.29) is 0 Å². The molecule has 0 amide bonds. The van der Waals surface area contributed by atoms with Crippen LogP contribution in [0.3, 0.4) is 0 Å². The molecule has 0 heterocycles. The maximum absolute atomic E-state index is 9.93. The summed E-state index contributed by atoms with van der Waals surface area (Å²) in [6, 6.07) is 0. The fourth-order valence-corrected chi connectivity index (χ4v) is 5.17. The van der Waals surface area contributed by atoms with Crippen LogP contribution in [0.1, 0.15) is 161 Å². The Bertz CT molecular complexity index is 1100. The SMILES string of the molecule is C#CC(O)C=CCCCCCCC=CCCCCC#CC(O)C#CC=CCCC=CCCCCCCCCCCCCCC=CC(O)C#C. The summed E-state index contributed by atoms with van der Waals surface area (Å²) in [6.45, 7) is 0. The van der Waals surface area contributed by atoms with Gasteiger partial charge in [-0.25, -0.2) is 0 Å². The molecule has 0 saturated heterocycles. The summed E-state index contributed by atoms with van der Waals surface area (Å²) in [6.07, 6.45) is 57.9. The van der Waals surface area contributed by atoms with E-state index in [1.807, 2.05) is 18.2 Å². The highest BCUT2D eigenvalue weighted by atomic mass is 16.3. The zero-order valence-corrected chi connectivity index (χ0v) is 30.7. The third-order valence-corrected chi connectivity index (χ3v) is 8.13.